The molecule has 4 heteroatoms. The molecule has 2 aliphatic rings. The summed E-state index contributed by atoms with van der Waals surface area (Å²) in [5.41, 5.74) is 0. The van der Waals surface area contributed by atoms with Crippen molar-refractivity contribution in [1.29, 1.82) is 0 Å². The Morgan fingerprint density at radius 3 is 2.78 bits per heavy atom. The summed E-state index contributed by atoms with van der Waals surface area (Å²) in [4.78, 5) is 14.4. The van der Waals surface area contributed by atoms with Crippen LogP contribution in [0.3, 0.4) is 0 Å². The SMILES string of the molecule is CSC[C@H]1CCCN(C(=O)CC2CCNCC2)C1. The predicted octanol–water partition coefficient (Wildman–Crippen LogP) is 1.98. The van der Waals surface area contributed by atoms with Crippen molar-refractivity contribution in [2.24, 2.45) is 11.8 Å². The molecule has 0 aromatic rings. The zero-order valence-electron chi connectivity index (χ0n) is 11.5. The highest BCUT2D eigenvalue weighted by atomic mass is 32.2. The van der Waals surface area contributed by atoms with E-state index in [4.69, 9.17) is 0 Å². The van der Waals surface area contributed by atoms with Crippen LogP contribution in [0.5, 0.6) is 0 Å². The summed E-state index contributed by atoms with van der Waals surface area (Å²) in [6.07, 6.45) is 7.80. The van der Waals surface area contributed by atoms with Gasteiger partial charge in [-0.3, -0.25) is 4.79 Å². The van der Waals surface area contributed by atoms with E-state index in [9.17, 15) is 4.79 Å². The first kappa shape index (κ1) is 14.2. The van der Waals surface area contributed by atoms with Crippen LogP contribution in [0.2, 0.25) is 0 Å². The molecular weight excluding hydrogens is 244 g/mol. The average molecular weight is 270 g/mol. The molecule has 0 radical (unpaired) electrons. The van der Waals surface area contributed by atoms with Gasteiger partial charge in [0.15, 0.2) is 0 Å². The van der Waals surface area contributed by atoms with Gasteiger partial charge in [0.05, 0.1) is 0 Å². The molecule has 0 aromatic carbocycles. The lowest BCUT2D eigenvalue weighted by Gasteiger charge is -2.34. The second kappa shape index (κ2) is 7.39. The zero-order valence-corrected chi connectivity index (χ0v) is 12.3. The highest BCUT2D eigenvalue weighted by Gasteiger charge is 2.25. The number of hydrogen-bond donors (Lipinski definition) is 1. The lowest BCUT2D eigenvalue weighted by atomic mass is 9.93. The average Bonchev–Trinajstić information content (AvgIpc) is 2.40. The van der Waals surface area contributed by atoms with E-state index >= 15 is 0 Å². The number of likely N-dealkylation sites (tertiary alicyclic amines) is 1. The van der Waals surface area contributed by atoms with Gasteiger partial charge in [-0.2, -0.15) is 11.8 Å². The fourth-order valence-corrected chi connectivity index (χ4v) is 3.87. The van der Waals surface area contributed by atoms with Gasteiger partial charge in [-0.15, -0.1) is 0 Å². The van der Waals surface area contributed by atoms with Crippen molar-refractivity contribution in [2.45, 2.75) is 32.1 Å². The maximum Gasteiger partial charge on any atom is 0.222 e. The lowest BCUT2D eigenvalue weighted by Crippen LogP contribution is -2.42. The van der Waals surface area contributed by atoms with E-state index in [1.54, 1.807) is 0 Å². The minimum absolute atomic E-state index is 0.410. The topological polar surface area (TPSA) is 32.3 Å². The second-order valence-electron chi connectivity index (χ2n) is 5.70. The van der Waals surface area contributed by atoms with Crippen LogP contribution in [0, 0.1) is 11.8 Å². The number of nitrogens with one attached hydrogen (secondary N) is 1. The first-order valence-corrected chi connectivity index (χ1v) is 8.66. The molecule has 2 aliphatic heterocycles. The summed E-state index contributed by atoms with van der Waals surface area (Å²) < 4.78 is 0. The summed E-state index contributed by atoms with van der Waals surface area (Å²) in [6.45, 7) is 4.18. The number of rotatable bonds is 4. The van der Waals surface area contributed by atoms with Crippen LogP contribution in [-0.4, -0.2) is 49.0 Å². The van der Waals surface area contributed by atoms with Crippen molar-refractivity contribution < 1.29 is 4.79 Å². The summed E-state index contributed by atoms with van der Waals surface area (Å²) in [5.74, 6) is 2.97. The van der Waals surface area contributed by atoms with Crippen molar-refractivity contribution in [3.05, 3.63) is 0 Å². The minimum atomic E-state index is 0.410. The third-order valence-corrected chi connectivity index (χ3v) is 5.00. The number of carbonyl (C=O) groups excluding carboxylic acids is 1. The normalized spacial score (nSPS) is 26.3. The molecule has 2 rings (SSSR count). The fraction of sp³-hybridized carbons (Fsp3) is 0.929. The maximum atomic E-state index is 12.3. The molecule has 1 N–H and O–H groups in total. The molecular formula is C14H26N2OS. The molecule has 3 nitrogen and oxygen atoms in total. The van der Waals surface area contributed by atoms with Gasteiger partial charge in [-0.05, 0) is 62.6 Å². The van der Waals surface area contributed by atoms with Crippen LogP contribution in [0.4, 0.5) is 0 Å². The molecule has 0 spiro atoms. The van der Waals surface area contributed by atoms with Crippen LogP contribution in [0.15, 0.2) is 0 Å². The number of amides is 1. The van der Waals surface area contributed by atoms with E-state index in [0.717, 1.165) is 38.5 Å². The zero-order chi connectivity index (χ0) is 12.8. The molecule has 1 amide bonds. The fourth-order valence-electron chi connectivity index (χ4n) is 3.13. The van der Waals surface area contributed by atoms with E-state index in [2.05, 4.69) is 16.5 Å². The first-order chi connectivity index (χ1) is 8.79. The van der Waals surface area contributed by atoms with E-state index in [1.807, 2.05) is 11.8 Å². The van der Waals surface area contributed by atoms with Crippen molar-refractivity contribution in [2.75, 3.05) is 38.2 Å². The number of thioether (sulfide) groups is 1. The molecule has 0 unspecified atom stereocenters. The molecule has 0 saturated carbocycles. The first-order valence-electron chi connectivity index (χ1n) is 7.27. The summed E-state index contributed by atoms with van der Waals surface area (Å²) >= 11 is 1.91. The number of nitrogens with zero attached hydrogens (tertiary/aromatic N) is 1. The van der Waals surface area contributed by atoms with Crippen molar-refractivity contribution >= 4 is 17.7 Å². The summed E-state index contributed by atoms with van der Waals surface area (Å²) in [6, 6.07) is 0. The molecule has 2 heterocycles. The maximum absolute atomic E-state index is 12.3. The van der Waals surface area contributed by atoms with E-state index in [1.165, 1.54) is 31.4 Å². The monoisotopic (exact) mass is 270 g/mol. The Bertz CT molecular complexity index is 265. The Kier molecular flexibility index (Phi) is 5.83. The summed E-state index contributed by atoms with van der Waals surface area (Å²) in [5, 5.41) is 3.36. The van der Waals surface area contributed by atoms with Gasteiger partial charge >= 0.3 is 0 Å². The molecule has 18 heavy (non-hydrogen) atoms. The van der Waals surface area contributed by atoms with Gasteiger partial charge in [0.1, 0.15) is 0 Å². The van der Waals surface area contributed by atoms with Crippen LogP contribution in [0.25, 0.3) is 0 Å². The van der Waals surface area contributed by atoms with Crippen LogP contribution >= 0.6 is 11.8 Å². The number of carbonyl (C=O) groups is 1. The Morgan fingerprint density at radius 2 is 2.06 bits per heavy atom. The molecule has 2 fully saturated rings. The van der Waals surface area contributed by atoms with Gasteiger partial charge in [-0.25, -0.2) is 0 Å². The number of piperidine rings is 2. The predicted molar refractivity (Wildman–Crippen MR) is 77.9 cm³/mol. The van der Waals surface area contributed by atoms with Crippen molar-refractivity contribution in [1.82, 2.24) is 10.2 Å². The molecule has 0 aliphatic carbocycles. The van der Waals surface area contributed by atoms with E-state index in [-0.39, 0.29) is 0 Å². The molecule has 1 atom stereocenters. The van der Waals surface area contributed by atoms with Crippen molar-refractivity contribution in [3.8, 4) is 0 Å². The quantitative estimate of drug-likeness (QED) is 0.848. The standard InChI is InChI=1S/C14H26N2OS/c1-18-11-13-3-2-8-16(10-13)14(17)9-12-4-6-15-7-5-12/h12-13,15H,2-11H2,1H3/t13-/m0/s1. The Balaban J connectivity index is 1.76. The molecule has 2 saturated heterocycles. The van der Waals surface area contributed by atoms with E-state index < -0.39 is 0 Å². The van der Waals surface area contributed by atoms with Gasteiger partial charge in [0, 0.05) is 19.5 Å². The van der Waals surface area contributed by atoms with Gasteiger partial charge in [-0.1, -0.05) is 0 Å². The third-order valence-electron chi connectivity index (χ3n) is 4.20. The minimum Gasteiger partial charge on any atom is -0.342 e. The molecule has 104 valence electrons. The van der Waals surface area contributed by atoms with Crippen LogP contribution < -0.4 is 5.32 Å². The largest absolute Gasteiger partial charge is 0.342 e. The van der Waals surface area contributed by atoms with Crippen LogP contribution in [-0.2, 0) is 4.79 Å². The van der Waals surface area contributed by atoms with Gasteiger partial charge in [0.2, 0.25) is 5.91 Å². The molecule has 0 bridgehead atoms. The van der Waals surface area contributed by atoms with E-state index in [0.29, 0.717) is 11.8 Å². The smallest absolute Gasteiger partial charge is 0.222 e. The van der Waals surface area contributed by atoms with Crippen LogP contribution in [0.1, 0.15) is 32.1 Å². The highest BCUT2D eigenvalue weighted by molar-refractivity contribution is 7.98. The van der Waals surface area contributed by atoms with Gasteiger partial charge < -0.3 is 10.2 Å². The Morgan fingerprint density at radius 1 is 1.28 bits per heavy atom. The number of hydrogen-bond acceptors (Lipinski definition) is 3. The Labute approximate surface area is 115 Å². The highest BCUT2D eigenvalue weighted by Crippen LogP contribution is 2.23. The van der Waals surface area contributed by atoms with Gasteiger partial charge in [0.25, 0.3) is 0 Å². The second-order valence-corrected chi connectivity index (χ2v) is 6.61. The molecule has 0 aromatic heterocycles. The van der Waals surface area contributed by atoms with Crippen molar-refractivity contribution in [3.63, 3.8) is 0 Å². The lowest BCUT2D eigenvalue weighted by molar-refractivity contribution is -0.134. The third kappa shape index (κ3) is 4.16. The summed E-state index contributed by atoms with van der Waals surface area (Å²) in [7, 11) is 0. The Hall–Kier alpha value is -0.220.